The molecule has 0 fully saturated rings. The van der Waals surface area contributed by atoms with E-state index < -0.39 is 0 Å². The van der Waals surface area contributed by atoms with Crippen molar-refractivity contribution in [3.05, 3.63) is 163 Å². The van der Waals surface area contributed by atoms with Crippen molar-refractivity contribution in [3.8, 4) is 33.8 Å². The predicted molar refractivity (Wildman–Crippen MR) is 163 cm³/mol. The highest BCUT2D eigenvalue weighted by atomic mass is 14.7. The number of pyridine rings is 3. The van der Waals surface area contributed by atoms with Crippen molar-refractivity contribution in [2.24, 2.45) is 0 Å². The molecule has 3 heterocycles. The molecule has 0 saturated heterocycles. The van der Waals surface area contributed by atoms with Crippen LogP contribution >= 0.6 is 0 Å². The molecule has 3 nitrogen and oxygen atoms in total. The Morgan fingerprint density at radius 2 is 0.564 bits per heavy atom. The second-order valence-electron chi connectivity index (χ2n) is 9.09. The quantitative estimate of drug-likeness (QED) is 0.240. The van der Waals surface area contributed by atoms with E-state index in [-0.39, 0.29) is 0 Å². The van der Waals surface area contributed by atoms with E-state index in [2.05, 4.69) is 72.1 Å². The highest BCUT2D eigenvalue weighted by Gasteiger charge is 2.01. The maximum atomic E-state index is 4.31. The number of hydrogen-bond donors (Lipinski definition) is 0. The number of nitrogens with zero attached hydrogens (tertiary/aromatic N) is 3. The van der Waals surface area contributed by atoms with Gasteiger partial charge in [0.2, 0.25) is 0 Å². The predicted octanol–water partition coefficient (Wildman–Crippen LogP) is 9.17. The zero-order valence-electron chi connectivity index (χ0n) is 22.7. The smallest absolute Gasteiger partial charge is 0.0704 e. The zero-order chi connectivity index (χ0) is 27.3. The molecule has 192 valence electrons. The van der Waals surface area contributed by atoms with Gasteiger partial charge in [0.25, 0.3) is 0 Å². The molecule has 0 saturated carbocycles. The summed E-state index contributed by atoms with van der Waals surface area (Å²) in [6.45, 7) is 6.30. The molecule has 3 aromatic carbocycles. The van der Waals surface area contributed by atoms with Crippen LogP contribution in [0.4, 0.5) is 0 Å². The monoisotopic (exact) mass is 507 g/mol. The highest BCUT2D eigenvalue weighted by molar-refractivity contribution is 5.64. The van der Waals surface area contributed by atoms with Crippen molar-refractivity contribution in [2.45, 2.75) is 20.8 Å². The van der Waals surface area contributed by atoms with Crippen LogP contribution in [0.15, 0.2) is 146 Å². The third-order valence-electron chi connectivity index (χ3n) is 6.26. The molecule has 0 aliphatic heterocycles. The van der Waals surface area contributed by atoms with E-state index >= 15 is 0 Å². The Morgan fingerprint density at radius 1 is 0.308 bits per heavy atom. The summed E-state index contributed by atoms with van der Waals surface area (Å²) in [5, 5.41) is 0. The molecule has 0 N–H and O–H groups in total. The summed E-state index contributed by atoms with van der Waals surface area (Å²) in [5.74, 6) is 0. The lowest BCUT2D eigenvalue weighted by molar-refractivity contribution is 1.31. The van der Waals surface area contributed by atoms with E-state index in [1.165, 1.54) is 33.4 Å². The minimum absolute atomic E-state index is 1.04. The Labute approximate surface area is 231 Å². The van der Waals surface area contributed by atoms with Crippen molar-refractivity contribution in [1.82, 2.24) is 15.0 Å². The van der Waals surface area contributed by atoms with E-state index in [0.29, 0.717) is 0 Å². The van der Waals surface area contributed by atoms with E-state index in [4.69, 9.17) is 0 Å². The molecular weight excluding hydrogens is 474 g/mol. The lowest BCUT2D eigenvalue weighted by atomic mass is 10.1. The number of hydrogen-bond acceptors (Lipinski definition) is 3. The number of aryl methyl sites for hydroxylation is 3. The first-order valence-electron chi connectivity index (χ1n) is 13.0. The van der Waals surface area contributed by atoms with Crippen molar-refractivity contribution in [2.75, 3.05) is 0 Å². The van der Waals surface area contributed by atoms with Crippen LogP contribution in [0.25, 0.3) is 33.8 Å². The van der Waals surface area contributed by atoms with Crippen molar-refractivity contribution in [1.29, 1.82) is 0 Å². The molecular formula is C36H33N3. The van der Waals surface area contributed by atoms with Gasteiger partial charge in [0, 0.05) is 35.3 Å². The zero-order valence-corrected chi connectivity index (χ0v) is 22.7. The van der Waals surface area contributed by atoms with E-state index in [1.54, 1.807) is 0 Å². The van der Waals surface area contributed by atoms with Crippen LogP contribution in [0.1, 0.15) is 16.7 Å². The van der Waals surface area contributed by atoms with Gasteiger partial charge in [-0.25, -0.2) is 0 Å². The molecule has 0 amide bonds. The molecule has 0 atom stereocenters. The summed E-state index contributed by atoms with van der Waals surface area (Å²) in [4.78, 5) is 12.9. The Bertz CT molecular complexity index is 1370. The van der Waals surface area contributed by atoms with Crippen LogP contribution in [-0.2, 0) is 0 Å². The lowest BCUT2D eigenvalue weighted by Gasteiger charge is -2.03. The van der Waals surface area contributed by atoms with Gasteiger partial charge < -0.3 is 0 Å². The molecule has 0 unspecified atom stereocenters. The Kier molecular flexibility index (Phi) is 9.85. The first-order valence-corrected chi connectivity index (χ1v) is 13.0. The fourth-order valence-corrected chi connectivity index (χ4v) is 4.15. The van der Waals surface area contributed by atoms with E-state index in [1.807, 2.05) is 110 Å². The van der Waals surface area contributed by atoms with Crippen molar-refractivity contribution >= 4 is 0 Å². The number of benzene rings is 3. The number of aromatic nitrogens is 3. The molecule has 0 radical (unpaired) electrons. The maximum Gasteiger partial charge on any atom is 0.0704 e. The summed E-state index contributed by atoms with van der Waals surface area (Å²) >= 11 is 0. The molecule has 6 aromatic rings. The number of rotatable bonds is 3. The summed E-state index contributed by atoms with van der Waals surface area (Å²) in [7, 11) is 0. The van der Waals surface area contributed by atoms with Crippen LogP contribution in [0, 0.1) is 20.8 Å². The Hall–Kier alpha value is -4.89. The van der Waals surface area contributed by atoms with Crippen molar-refractivity contribution < 1.29 is 0 Å². The van der Waals surface area contributed by atoms with Crippen LogP contribution in [0.5, 0.6) is 0 Å². The Morgan fingerprint density at radius 3 is 0.795 bits per heavy atom. The largest absolute Gasteiger partial charge is 0.256 e. The highest BCUT2D eigenvalue weighted by Crippen LogP contribution is 2.21. The fraction of sp³-hybridized carbons (Fsp3) is 0.0833. The van der Waals surface area contributed by atoms with Gasteiger partial charge in [-0.15, -0.1) is 0 Å². The molecule has 0 aliphatic rings. The molecule has 0 spiro atoms. The minimum Gasteiger partial charge on any atom is -0.256 e. The third kappa shape index (κ3) is 7.80. The maximum absolute atomic E-state index is 4.31. The third-order valence-corrected chi connectivity index (χ3v) is 6.26. The van der Waals surface area contributed by atoms with Crippen molar-refractivity contribution in [3.63, 3.8) is 0 Å². The molecule has 39 heavy (non-hydrogen) atoms. The summed E-state index contributed by atoms with van der Waals surface area (Å²) < 4.78 is 0. The average Bonchev–Trinajstić information content (AvgIpc) is 3.00. The van der Waals surface area contributed by atoms with Gasteiger partial charge in [-0.2, -0.15) is 0 Å². The molecule has 0 bridgehead atoms. The fourth-order valence-electron chi connectivity index (χ4n) is 4.15. The van der Waals surface area contributed by atoms with Crippen LogP contribution in [0.2, 0.25) is 0 Å². The molecule has 3 aromatic heterocycles. The standard InChI is InChI=1S/3C12H11N/c3*1-10-6-2-3-7-11(10)12-8-4-5-9-13-12/h3*2-9H,1H3. The topological polar surface area (TPSA) is 38.7 Å². The lowest BCUT2D eigenvalue weighted by Crippen LogP contribution is -1.84. The summed E-state index contributed by atoms with van der Waals surface area (Å²) in [6.07, 6.45) is 5.46. The van der Waals surface area contributed by atoms with Crippen LogP contribution in [0.3, 0.4) is 0 Å². The van der Waals surface area contributed by atoms with Crippen LogP contribution < -0.4 is 0 Å². The Balaban J connectivity index is 0.000000136. The van der Waals surface area contributed by atoms with Gasteiger partial charge in [0.1, 0.15) is 0 Å². The van der Waals surface area contributed by atoms with E-state index in [9.17, 15) is 0 Å². The van der Waals surface area contributed by atoms with Gasteiger partial charge in [-0.3, -0.25) is 15.0 Å². The van der Waals surface area contributed by atoms with Crippen LogP contribution in [-0.4, -0.2) is 15.0 Å². The van der Waals surface area contributed by atoms with E-state index in [0.717, 1.165) is 17.1 Å². The van der Waals surface area contributed by atoms with Gasteiger partial charge >= 0.3 is 0 Å². The summed E-state index contributed by atoms with van der Waals surface area (Å²) in [6, 6.07) is 42.7. The second kappa shape index (κ2) is 14.2. The molecule has 0 aliphatic carbocycles. The summed E-state index contributed by atoms with van der Waals surface area (Å²) in [5.41, 5.74) is 10.6. The minimum atomic E-state index is 1.04. The molecule has 3 heteroatoms. The first-order chi connectivity index (χ1) is 19.1. The molecule has 6 rings (SSSR count). The second-order valence-corrected chi connectivity index (χ2v) is 9.09. The SMILES string of the molecule is Cc1ccccc1-c1ccccn1.Cc1ccccc1-c1ccccn1.Cc1ccccc1-c1ccccn1. The van der Waals surface area contributed by atoms with Gasteiger partial charge in [-0.05, 0) is 73.9 Å². The van der Waals surface area contributed by atoms with Gasteiger partial charge in [0.15, 0.2) is 0 Å². The average molecular weight is 508 g/mol. The van der Waals surface area contributed by atoms with Gasteiger partial charge in [0.05, 0.1) is 17.1 Å². The normalized spacial score (nSPS) is 9.92. The first kappa shape index (κ1) is 27.2. The van der Waals surface area contributed by atoms with Gasteiger partial charge in [-0.1, -0.05) is 91.0 Å².